The van der Waals surface area contributed by atoms with Crippen LogP contribution < -0.4 is 5.32 Å². The molecule has 0 spiro atoms. The Labute approximate surface area is 183 Å². The fourth-order valence-corrected chi connectivity index (χ4v) is 6.46. The van der Waals surface area contributed by atoms with E-state index in [1.807, 2.05) is 12.1 Å². The quantitative estimate of drug-likeness (QED) is 0.293. The summed E-state index contributed by atoms with van der Waals surface area (Å²) in [6, 6.07) is 4.46. The molecule has 1 N–H and O–H groups in total. The van der Waals surface area contributed by atoms with E-state index in [1.54, 1.807) is 29.4 Å². The summed E-state index contributed by atoms with van der Waals surface area (Å²) >= 11 is 3.34. The average molecular weight is 437 g/mol. The Balaban J connectivity index is 1.58. The Bertz CT molecular complexity index is 1230. The summed E-state index contributed by atoms with van der Waals surface area (Å²) in [6.45, 7) is 0. The van der Waals surface area contributed by atoms with Crippen LogP contribution in [0.15, 0.2) is 28.0 Å². The zero-order valence-electron chi connectivity index (χ0n) is 17.0. The molecule has 4 aromatic heterocycles. The first kappa shape index (κ1) is 18.6. The van der Waals surface area contributed by atoms with E-state index in [1.165, 1.54) is 48.6 Å². The van der Waals surface area contributed by atoms with Crippen molar-refractivity contribution in [2.75, 3.05) is 11.6 Å². The summed E-state index contributed by atoms with van der Waals surface area (Å²) in [5, 5.41) is 5.84. The molecule has 1 fully saturated rings. The summed E-state index contributed by atoms with van der Waals surface area (Å²) in [4.78, 5) is 16.0. The maximum absolute atomic E-state index is 5.73. The molecule has 30 heavy (non-hydrogen) atoms. The Morgan fingerprint density at radius 3 is 2.73 bits per heavy atom. The van der Waals surface area contributed by atoms with Crippen molar-refractivity contribution in [1.82, 2.24) is 15.0 Å². The van der Waals surface area contributed by atoms with E-state index in [9.17, 15) is 0 Å². The minimum atomic E-state index is 0.508. The Kier molecular flexibility index (Phi) is 4.68. The molecular formula is C23H24N4OS2. The number of nitrogens with zero attached hydrogens (tertiary/aromatic N) is 3. The highest BCUT2D eigenvalue weighted by Gasteiger charge is 2.27. The molecule has 1 saturated carbocycles. The van der Waals surface area contributed by atoms with Gasteiger partial charge in [-0.25, -0.2) is 15.0 Å². The lowest BCUT2D eigenvalue weighted by Gasteiger charge is -2.23. The van der Waals surface area contributed by atoms with Crippen LogP contribution >= 0.6 is 23.1 Å². The van der Waals surface area contributed by atoms with Crippen molar-refractivity contribution < 1.29 is 4.42 Å². The first-order valence-corrected chi connectivity index (χ1v) is 12.9. The minimum absolute atomic E-state index is 0.508. The van der Waals surface area contributed by atoms with Gasteiger partial charge in [-0.15, -0.1) is 11.3 Å². The number of hydrogen-bond donors (Lipinski definition) is 1. The average Bonchev–Trinajstić information content (AvgIpc) is 3.52. The Morgan fingerprint density at radius 1 is 1.07 bits per heavy atom. The third kappa shape index (κ3) is 3.02. The van der Waals surface area contributed by atoms with Crippen LogP contribution in [0, 0.1) is 0 Å². The number of furan rings is 1. The standard InChI is InChI=1S/C23H24N4OS2/c1-29-23-26-19-17-14-9-5-10-15(14)18(16-11-6-12-28-16)25-22(17)30-20(19)21(27-23)24-13-7-3-2-4-8-13/h6,11-13H,2-5,7-10H2,1H3,(H,24,26,27). The van der Waals surface area contributed by atoms with Gasteiger partial charge in [-0.1, -0.05) is 31.0 Å². The predicted octanol–water partition coefficient (Wildman–Crippen LogP) is 6.45. The lowest BCUT2D eigenvalue weighted by Crippen LogP contribution is -2.23. The molecule has 0 aromatic carbocycles. The number of thioether (sulfide) groups is 1. The molecule has 6 rings (SSSR count). The zero-order valence-corrected chi connectivity index (χ0v) is 18.7. The van der Waals surface area contributed by atoms with Crippen LogP contribution in [-0.2, 0) is 12.8 Å². The van der Waals surface area contributed by atoms with Crippen molar-refractivity contribution in [3.8, 4) is 11.5 Å². The second-order valence-electron chi connectivity index (χ2n) is 8.25. The number of nitrogens with one attached hydrogen (secondary N) is 1. The first-order chi connectivity index (χ1) is 14.8. The van der Waals surface area contributed by atoms with Crippen LogP contribution in [0.5, 0.6) is 0 Å². The summed E-state index contributed by atoms with van der Waals surface area (Å²) in [5.41, 5.74) is 4.82. The van der Waals surface area contributed by atoms with Gasteiger partial charge in [-0.3, -0.25) is 0 Å². The van der Waals surface area contributed by atoms with Crippen molar-refractivity contribution in [3.05, 3.63) is 29.5 Å². The molecule has 7 heteroatoms. The van der Waals surface area contributed by atoms with Crippen molar-refractivity contribution in [2.24, 2.45) is 0 Å². The highest BCUT2D eigenvalue weighted by molar-refractivity contribution is 7.98. The fourth-order valence-electron chi connectivity index (χ4n) is 4.99. The van der Waals surface area contributed by atoms with Crippen molar-refractivity contribution >= 4 is 49.3 Å². The van der Waals surface area contributed by atoms with E-state index in [4.69, 9.17) is 19.4 Å². The van der Waals surface area contributed by atoms with Gasteiger partial charge in [-0.2, -0.15) is 0 Å². The number of fused-ring (bicyclic) bond motifs is 5. The van der Waals surface area contributed by atoms with Gasteiger partial charge in [0.25, 0.3) is 0 Å². The van der Waals surface area contributed by atoms with Gasteiger partial charge in [-0.05, 0) is 61.6 Å². The molecule has 2 aliphatic rings. The summed E-state index contributed by atoms with van der Waals surface area (Å²) in [5.74, 6) is 1.86. The van der Waals surface area contributed by atoms with Crippen molar-refractivity contribution in [3.63, 3.8) is 0 Å². The van der Waals surface area contributed by atoms with E-state index >= 15 is 0 Å². The highest BCUT2D eigenvalue weighted by Crippen LogP contribution is 2.44. The molecule has 0 bridgehead atoms. The molecule has 0 aliphatic heterocycles. The van der Waals surface area contributed by atoms with Gasteiger partial charge < -0.3 is 9.73 Å². The smallest absolute Gasteiger partial charge is 0.189 e. The number of rotatable bonds is 4. The van der Waals surface area contributed by atoms with Crippen LogP contribution in [0.1, 0.15) is 49.7 Å². The predicted molar refractivity (Wildman–Crippen MR) is 125 cm³/mol. The second kappa shape index (κ2) is 7.54. The van der Waals surface area contributed by atoms with Gasteiger partial charge >= 0.3 is 0 Å². The normalized spacial score (nSPS) is 17.1. The van der Waals surface area contributed by atoms with Crippen LogP contribution in [0.3, 0.4) is 0 Å². The van der Waals surface area contributed by atoms with Crippen LogP contribution in [0.25, 0.3) is 31.9 Å². The van der Waals surface area contributed by atoms with Crippen LogP contribution in [0.4, 0.5) is 5.82 Å². The van der Waals surface area contributed by atoms with Gasteiger partial charge in [0.05, 0.1) is 16.5 Å². The Hall–Kier alpha value is -2.12. The number of pyridine rings is 1. The summed E-state index contributed by atoms with van der Waals surface area (Å²) in [7, 11) is 0. The van der Waals surface area contributed by atoms with Crippen molar-refractivity contribution in [1.29, 1.82) is 0 Å². The number of aromatic nitrogens is 3. The molecule has 0 unspecified atom stereocenters. The molecule has 0 amide bonds. The van der Waals surface area contributed by atoms with E-state index in [2.05, 4.69) is 11.6 Å². The van der Waals surface area contributed by atoms with Gasteiger partial charge in [0.1, 0.15) is 16.3 Å². The molecular weight excluding hydrogens is 412 g/mol. The first-order valence-electron chi connectivity index (χ1n) is 10.8. The van der Waals surface area contributed by atoms with E-state index in [-0.39, 0.29) is 0 Å². The van der Waals surface area contributed by atoms with Gasteiger partial charge in [0, 0.05) is 11.4 Å². The topological polar surface area (TPSA) is 63.8 Å². The minimum Gasteiger partial charge on any atom is -0.463 e. The van der Waals surface area contributed by atoms with E-state index in [0.717, 1.165) is 56.7 Å². The SMILES string of the molecule is CSc1nc(NC2CCCCC2)c2sc3nc(-c4ccco4)c4c(c3c2n1)CCC4. The molecule has 2 aliphatic carbocycles. The third-order valence-electron chi connectivity index (χ3n) is 6.40. The maximum Gasteiger partial charge on any atom is 0.189 e. The van der Waals surface area contributed by atoms with E-state index < -0.39 is 0 Å². The number of aryl methyl sites for hydroxylation is 1. The van der Waals surface area contributed by atoms with Gasteiger partial charge in [0.15, 0.2) is 10.9 Å². The van der Waals surface area contributed by atoms with E-state index in [0.29, 0.717) is 6.04 Å². The van der Waals surface area contributed by atoms with Crippen molar-refractivity contribution in [2.45, 2.75) is 62.6 Å². The van der Waals surface area contributed by atoms with Gasteiger partial charge in [0.2, 0.25) is 0 Å². The molecule has 154 valence electrons. The largest absolute Gasteiger partial charge is 0.463 e. The molecule has 0 radical (unpaired) electrons. The molecule has 4 aromatic rings. The summed E-state index contributed by atoms with van der Waals surface area (Å²) in [6.07, 6.45) is 13.5. The van der Waals surface area contributed by atoms with Crippen LogP contribution in [0.2, 0.25) is 0 Å². The molecule has 0 saturated heterocycles. The number of hydrogen-bond acceptors (Lipinski definition) is 7. The second-order valence-corrected chi connectivity index (χ2v) is 10.0. The van der Waals surface area contributed by atoms with Crippen LogP contribution in [-0.4, -0.2) is 27.2 Å². The lowest BCUT2D eigenvalue weighted by atomic mass is 9.95. The molecule has 0 atom stereocenters. The maximum atomic E-state index is 5.73. The molecule has 5 nitrogen and oxygen atoms in total. The third-order valence-corrected chi connectivity index (χ3v) is 8.02. The summed E-state index contributed by atoms with van der Waals surface area (Å²) < 4.78 is 6.87. The zero-order chi connectivity index (χ0) is 20.1. The monoisotopic (exact) mass is 436 g/mol. The number of thiophene rings is 1. The lowest BCUT2D eigenvalue weighted by molar-refractivity contribution is 0.462. The molecule has 4 heterocycles. The number of anilines is 1. The highest BCUT2D eigenvalue weighted by atomic mass is 32.2. The Morgan fingerprint density at radius 2 is 1.93 bits per heavy atom. The fraction of sp³-hybridized carbons (Fsp3) is 0.435.